The number of fused-ring (bicyclic) bond motifs is 5. The molecule has 18 heteroatoms. The predicted octanol–water partition coefficient (Wildman–Crippen LogP) is 4.77. The summed E-state index contributed by atoms with van der Waals surface area (Å²) in [4.78, 5) is 62.6. The van der Waals surface area contributed by atoms with Crippen molar-refractivity contribution in [3.05, 3.63) is 36.5 Å². The van der Waals surface area contributed by atoms with Gasteiger partial charge in [-0.25, -0.2) is 27.0 Å². The molecule has 1 aromatic carbocycles. The Labute approximate surface area is 342 Å². The number of sulfonamides is 1. The Morgan fingerprint density at radius 2 is 1.81 bits per heavy atom. The second-order valence-electron chi connectivity index (χ2n) is 17.2. The number of ether oxygens (including phenoxy) is 4. The average Bonchev–Trinajstić information content (AvgIpc) is 4.10. The lowest BCUT2D eigenvalue weighted by molar-refractivity contribution is -0.152. The third-order valence-electron chi connectivity index (χ3n) is 12.3. The maximum atomic E-state index is 15.0. The molecular formula is C41H53F2N5O10S. The highest BCUT2D eigenvalue weighted by Crippen LogP contribution is 2.47. The Balaban J connectivity index is 1.24. The number of rotatable bonds is 9. The first kappa shape index (κ1) is 42.4. The van der Waals surface area contributed by atoms with Crippen molar-refractivity contribution in [2.24, 2.45) is 17.8 Å². The van der Waals surface area contributed by atoms with E-state index in [9.17, 15) is 36.4 Å². The number of hydrogen-bond donors (Lipinski definition) is 3. The van der Waals surface area contributed by atoms with Crippen LogP contribution in [0.15, 0.2) is 36.5 Å². The van der Waals surface area contributed by atoms with Crippen LogP contribution in [0.5, 0.6) is 17.4 Å². The van der Waals surface area contributed by atoms with Crippen LogP contribution in [0.25, 0.3) is 10.8 Å². The van der Waals surface area contributed by atoms with Crippen LogP contribution in [0.1, 0.15) is 86.0 Å². The van der Waals surface area contributed by atoms with E-state index in [1.165, 1.54) is 4.90 Å². The summed E-state index contributed by atoms with van der Waals surface area (Å²) in [5.41, 5.74) is -3.82. The van der Waals surface area contributed by atoms with Gasteiger partial charge < -0.3 is 34.5 Å². The molecule has 1 aromatic heterocycles. The van der Waals surface area contributed by atoms with E-state index in [1.54, 1.807) is 24.4 Å². The van der Waals surface area contributed by atoms with E-state index < -0.39 is 86.2 Å². The van der Waals surface area contributed by atoms with Crippen molar-refractivity contribution in [2.75, 3.05) is 19.8 Å². The molecule has 3 N–H and O–H groups in total. The van der Waals surface area contributed by atoms with Crippen molar-refractivity contribution in [1.82, 2.24) is 25.2 Å². The van der Waals surface area contributed by atoms with Crippen LogP contribution >= 0.6 is 0 Å². The fourth-order valence-electron chi connectivity index (χ4n) is 8.18. The minimum atomic E-state index is -3.96. The minimum absolute atomic E-state index is 0.0259. The van der Waals surface area contributed by atoms with Crippen molar-refractivity contribution in [1.29, 1.82) is 0 Å². The number of nitrogens with one attached hydrogen (secondary N) is 3. The van der Waals surface area contributed by atoms with Crippen LogP contribution in [0.3, 0.4) is 0 Å². The topological polar surface area (TPSA) is 192 Å². The summed E-state index contributed by atoms with van der Waals surface area (Å²) >= 11 is 0. The van der Waals surface area contributed by atoms with E-state index in [4.69, 9.17) is 18.9 Å². The van der Waals surface area contributed by atoms with Gasteiger partial charge in [0.1, 0.15) is 36.9 Å². The number of halogens is 2. The third-order valence-corrected chi connectivity index (χ3v) is 14.2. The summed E-state index contributed by atoms with van der Waals surface area (Å²) in [7, 11) is -3.96. The zero-order valence-electron chi connectivity index (χ0n) is 33.9. The van der Waals surface area contributed by atoms with E-state index in [0.717, 1.165) is 13.8 Å². The number of carbonyl (C=O) groups excluding carboxylic acids is 4. The number of carbonyl (C=O) groups is 4. The van der Waals surface area contributed by atoms with Crippen LogP contribution in [-0.4, -0.2) is 102 Å². The van der Waals surface area contributed by atoms with E-state index >= 15 is 0 Å². The summed E-state index contributed by atoms with van der Waals surface area (Å²) in [6.07, 6.45) is 6.26. The van der Waals surface area contributed by atoms with Crippen molar-refractivity contribution >= 4 is 44.6 Å². The van der Waals surface area contributed by atoms with E-state index in [-0.39, 0.29) is 31.2 Å². The SMILES string of the molecule is CC[C@@H]1C[C@@H](C)CC/C=C\[C@@H]2C[C@@]2(C(=O)NS(=O)(=O)C2CC2)NC(=O)[C@@H]2CC(Oc3nccc4c5c(ccc34)OCCO5)CN2C(=O)[C@H]1NC(=O)OC(C)(C)C(C)(F)F. The molecule has 2 aromatic rings. The number of alkyl carbamates (subject to hydrolysis) is 1. The number of hydrogen-bond acceptors (Lipinski definition) is 11. The van der Waals surface area contributed by atoms with Crippen molar-refractivity contribution in [3.63, 3.8) is 0 Å². The van der Waals surface area contributed by atoms with Gasteiger partial charge in [0.05, 0.1) is 11.8 Å². The van der Waals surface area contributed by atoms with Gasteiger partial charge in [-0.1, -0.05) is 32.4 Å². The minimum Gasteiger partial charge on any atom is -0.486 e. The van der Waals surface area contributed by atoms with E-state index in [0.29, 0.717) is 80.9 Å². The molecule has 15 nitrogen and oxygen atoms in total. The molecule has 4 amide bonds. The largest absolute Gasteiger partial charge is 0.486 e. The Kier molecular flexibility index (Phi) is 11.5. The smallest absolute Gasteiger partial charge is 0.408 e. The molecule has 3 aliphatic heterocycles. The van der Waals surface area contributed by atoms with Gasteiger partial charge in [-0.2, -0.15) is 0 Å². The first-order valence-electron chi connectivity index (χ1n) is 20.4. The molecule has 322 valence electrons. The Morgan fingerprint density at radius 1 is 1.07 bits per heavy atom. The van der Waals surface area contributed by atoms with Crippen LogP contribution in [0, 0.1) is 17.8 Å². The van der Waals surface area contributed by atoms with E-state index in [2.05, 4.69) is 20.3 Å². The molecule has 0 bridgehead atoms. The second-order valence-corrected chi connectivity index (χ2v) is 19.1. The maximum absolute atomic E-state index is 15.0. The molecule has 1 unspecified atom stereocenters. The molecule has 0 radical (unpaired) electrons. The fraction of sp³-hybridized carbons (Fsp3) is 0.634. The summed E-state index contributed by atoms with van der Waals surface area (Å²) in [6, 6.07) is 2.71. The van der Waals surface area contributed by atoms with Crippen molar-refractivity contribution in [2.45, 2.75) is 126 Å². The Hall–Kier alpha value is -4.74. The quantitative estimate of drug-likeness (QED) is 0.295. The maximum Gasteiger partial charge on any atom is 0.408 e. The first-order chi connectivity index (χ1) is 27.8. The second kappa shape index (κ2) is 16.0. The van der Waals surface area contributed by atoms with Gasteiger partial charge in [0.2, 0.25) is 27.7 Å². The molecule has 0 spiro atoms. The highest BCUT2D eigenvalue weighted by Gasteiger charge is 2.62. The highest BCUT2D eigenvalue weighted by atomic mass is 32.2. The number of aromatic nitrogens is 1. The van der Waals surface area contributed by atoms with Crippen LogP contribution in [0.2, 0.25) is 0 Å². The number of allylic oxidation sites excluding steroid dienone is 1. The van der Waals surface area contributed by atoms with Gasteiger partial charge in [-0.3, -0.25) is 19.1 Å². The van der Waals surface area contributed by atoms with Crippen LogP contribution < -0.4 is 29.6 Å². The Morgan fingerprint density at radius 3 is 2.53 bits per heavy atom. The average molecular weight is 846 g/mol. The standard InChI is InChI=1S/C41H53F2N5O10S/c1-6-24-19-23(2)9-7-8-10-25-21-41(25,37(51)47-59(53,54)27-11-12-27)46-34(49)30-20-26(22-48(30)36(50)32(24)45-38(52)58-39(3,4)40(5,42)43)57-35-29-13-14-31-33(56-18-17-55-31)28(29)15-16-44-35/h8,10,13-16,23-27,30,32H,6-7,9,11-12,17-22H2,1-5H3,(H,45,52)(H,46,49)(H,47,51)/b10-8-/t23-,24+,25+,26?,30-,32-,41+/m0/s1. The number of pyridine rings is 1. The Bertz CT molecular complexity index is 2130. The van der Waals surface area contributed by atoms with Gasteiger partial charge in [0, 0.05) is 36.2 Å². The zero-order valence-corrected chi connectivity index (χ0v) is 34.7. The molecule has 59 heavy (non-hydrogen) atoms. The molecule has 4 heterocycles. The van der Waals surface area contributed by atoms with Gasteiger partial charge in [-0.15, -0.1) is 0 Å². The molecule has 7 rings (SSSR count). The number of nitrogens with zero attached hydrogens (tertiary/aromatic N) is 2. The summed E-state index contributed by atoms with van der Waals surface area (Å²) in [6.45, 7) is 7.23. The summed E-state index contributed by atoms with van der Waals surface area (Å²) < 4.78 is 80.3. The molecule has 2 aliphatic carbocycles. The lowest BCUT2D eigenvalue weighted by Gasteiger charge is -2.35. The zero-order chi connectivity index (χ0) is 42.5. The molecule has 2 saturated carbocycles. The normalized spacial score (nSPS) is 29.5. The summed E-state index contributed by atoms with van der Waals surface area (Å²) in [5, 5.41) is 6.03. The number of benzene rings is 1. The van der Waals surface area contributed by atoms with Crippen LogP contribution in [0.4, 0.5) is 13.6 Å². The molecule has 3 fully saturated rings. The molecule has 1 saturated heterocycles. The lowest BCUT2D eigenvalue weighted by atomic mass is 9.85. The van der Waals surface area contributed by atoms with Gasteiger partial charge >= 0.3 is 6.09 Å². The van der Waals surface area contributed by atoms with Gasteiger partial charge in [0.25, 0.3) is 11.8 Å². The van der Waals surface area contributed by atoms with Crippen molar-refractivity contribution < 1.29 is 55.3 Å². The first-order valence-corrected chi connectivity index (χ1v) is 21.9. The molecule has 7 atom stereocenters. The van der Waals surface area contributed by atoms with Crippen LogP contribution in [-0.2, 0) is 29.1 Å². The third kappa shape index (κ3) is 8.78. The monoisotopic (exact) mass is 845 g/mol. The van der Waals surface area contributed by atoms with Crippen molar-refractivity contribution in [3.8, 4) is 17.4 Å². The number of amides is 4. The fourth-order valence-corrected chi connectivity index (χ4v) is 9.55. The lowest BCUT2D eigenvalue weighted by Crippen LogP contribution is -2.59. The molecule has 5 aliphatic rings. The number of alkyl halides is 2. The van der Waals surface area contributed by atoms with Gasteiger partial charge in [0.15, 0.2) is 17.1 Å². The van der Waals surface area contributed by atoms with Gasteiger partial charge in [-0.05, 0) is 82.4 Å². The highest BCUT2D eigenvalue weighted by molar-refractivity contribution is 7.91. The summed E-state index contributed by atoms with van der Waals surface area (Å²) in [5.74, 6) is -5.36. The van der Waals surface area contributed by atoms with E-state index in [1.807, 2.05) is 26.0 Å². The predicted molar refractivity (Wildman–Crippen MR) is 210 cm³/mol. The molecular weight excluding hydrogens is 793 g/mol.